The Morgan fingerprint density at radius 2 is 1.75 bits per heavy atom. The molecule has 0 atom stereocenters. The number of carbonyl (C=O) groups excluding carboxylic acids is 3. The van der Waals surface area contributed by atoms with Gasteiger partial charge in [-0.3, -0.25) is 9.59 Å². The topological polar surface area (TPSA) is 90.3 Å². The van der Waals surface area contributed by atoms with E-state index in [2.05, 4.69) is 10.4 Å². The number of para-hydroxylation sites is 2. The lowest BCUT2D eigenvalue weighted by atomic mass is 10.1. The van der Waals surface area contributed by atoms with E-state index in [0.717, 1.165) is 4.88 Å². The van der Waals surface area contributed by atoms with Crippen LogP contribution in [0.25, 0.3) is 16.3 Å². The van der Waals surface area contributed by atoms with Gasteiger partial charge in [0.25, 0.3) is 5.91 Å². The van der Waals surface area contributed by atoms with Gasteiger partial charge in [-0.25, -0.2) is 9.48 Å². The molecule has 2 heterocycles. The van der Waals surface area contributed by atoms with E-state index in [9.17, 15) is 14.4 Å². The molecule has 0 aliphatic rings. The van der Waals surface area contributed by atoms with Crippen LogP contribution in [-0.2, 0) is 9.53 Å². The molecular weight excluding hydrogens is 426 g/mol. The van der Waals surface area contributed by atoms with Gasteiger partial charge in [0.1, 0.15) is 5.69 Å². The number of hydrogen-bond donors (Lipinski definition) is 1. The molecule has 0 spiro atoms. The van der Waals surface area contributed by atoms with Crippen LogP contribution in [-0.4, -0.2) is 34.0 Å². The Labute approximate surface area is 188 Å². The summed E-state index contributed by atoms with van der Waals surface area (Å²) in [6.07, 6.45) is 0. The number of nitrogens with one attached hydrogen (secondary N) is 1. The first-order valence-corrected chi connectivity index (χ1v) is 10.7. The van der Waals surface area contributed by atoms with Crippen molar-refractivity contribution in [2.24, 2.45) is 0 Å². The first-order chi connectivity index (χ1) is 15.5. The molecule has 2 aromatic heterocycles. The van der Waals surface area contributed by atoms with E-state index < -0.39 is 18.5 Å². The zero-order valence-corrected chi connectivity index (χ0v) is 18.0. The predicted octanol–water partition coefficient (Wildman–Crippen LogP) is 4.60. The van der Waals surface area contributed by atoms with Crippen molar-refractivity contribution in [3.8, 4) is 16.3 Å². The van der Waals surface area contributed by atoms with Crippen molar-refractivity contribution in [1.29, 1.82) is 0 Å². The number of anilines is 1. The van der Waals surface area contributed by atoms with Gasteiger partial charge in [0, 0.05) is 11.6 Å². The summed E-state index contributed by atoms with van der Waals surface area (Å²) in [6, 6.07) is 21.3. The van der Waals surface area contributed by atoms with E-state index >= 15 is 0 Å². The third kappa shape index (κ3) is 4.65. The Bertz CT molecular complexity index is 1260. The maximum atomic E-state index is 12.8. The minimum atomic E-state index is -0.681. The number of esters is 1. The fourth-order valence-electron chi connectivity index (χ4n) is 3.13. The number of benzene rings is 2. The molecule has 0 saturated heterocycles. The quantitative estimate of drug-likeness (QED) is 0.332. The molecule has 0 aliphatic carbocycles. The Kier molecular flexibility index (Phi) is 6.23. The maximum Gasteiger partial charge on any atom is 0.357 e. The molecule has 4 aromatic rings. The minimum Gasteiger partial charge on any atom is -0.451 e. The van der Waals surface area contributed by atoms with Crippen molar-refractivity contribution in [3.05, 3.63) is 89.4 Å². The molecule has 1 amide bonds. The zero-order chi connectivity index (χ0) is 22.5. The molecule has 0 saturated carbocycles. The molecule has 0 fully saturated rings. The van der Waals surface area contributed by atoms with Crippen LogP contribution < -0.4 is 5.32 Å². The second-order valence-electron chi connectivity index (χ2n) is 6.87. The minimum absolute atomic E-state index is 0.175. The van der Waals surface area contributed by atoms with Crippen molar-refractivity contribution in [2.75, 3.05) is 11.9 Å². The summed E-state index contributed by atoms with van der Waals surface area (Å²) in [6.45, 7) is 0.917. The molecule has 1 N–H and O–H groups in total. The first kappa shape index (κ1) is 21.2. The second kappa shape index (κ2) is 9.40. The van der Waals surface area contributed by atoms with E-state index in [1.165, 1.54) is 22.9 Å². The van der Waals surface area contributed by atoms with Crippen molar-refractivity contribution in [3.63, 3.8) is 0 Å². The van der Waals surface area contributed by atoms with Crippen LogP contribution >= 0.6 is 11.3 Å². The smallest absolute Gasteiger partial charge is 0.357 e. The monoisotopic (exact) mass is 445 g/mol. The summed E-state index contributed by atoms with van der Waals surface area (Å²) < 4.78 is 6.76. The molecule has 0 radical (unpaired) electrons. The van der Waals surface area contributed by atoms with E-state index in [0.29, 0.717) is 22.6 Å². The average Bonchev–Trinajstić information content (AvgIpc) is 3.48. The summed E-state index contributed by atoms with van der Waals surface area (Å²) in [4.78, 5) is 37.8. The van der Waals surface area contributed by atoms with Crippen LogP contribution in [0.5, 0.6) is 0 Å². The predicted molar refractivity (Wildman–Crippen MR) is 122 cm³/mol. The molecule has 0 unspecified atom stereocenters. The third-order valence-corrected chi connectivity index (χ3v) is 5.50. The molecule has 7 nitrogen and oxygen atoms in total. The van der Waals surface area contributed by atoms with Gasteiger partial charge in [0.05, 0.1) is 16.3 Å². The van der Waals surface area contributed by atoms with E-state index in [1.807, 2.05) is 47.8 Å². The highest BCUT2D eigenvalue weighted by atomic mass is 32.1. The number of nitrogens with zero attached hydrogens (tertiary/aromatic N) is 2. The molecule has 32 heavy (non-hydrogen) atoms. The molecule has 8 heteroatoms. The Morgan fingerprint density at radius 3 is 2.47 bits per heavy atom. The van der Waals surface area contributed by atoms with Crippen LogP contribution in [0, 0.1) is 0 Å². The standard InChI is InChI=1S/C24H19N3O4S/c1-16(28)18-10-5-6-11-19(18)25-23(29)15-31-24(30)21-14-20(22-12-7-13-32-22)26-27(21)17-8-3-2-4-9-17/h2-14H,15H2,1H3,(H,25,29). The van der Waals surface area contributed by atoms with Gasteiger partial charge < -0.3 is 10.1 Å². The van der Waals surface area contributed by atoms with Crippen molar-refractivity contribution < 1.29 is 19.1 Å². The molecule has 0 aliphatic heterocycles. The molecule has 2 aromatic carbocycles. The van der Waals surface area contributed by atoms with Gasteiger partial charge in [-0.15, -0.1) is 11.3 Å². The number of ketones is 1. The second-order valence-corrected chi connectivity index (χ2v) is 7.81. The van der Waals surface area contributed by atoms with Gasteiger partial charge >= 0.3 is 5.97 Å². The molecule has 0 bridgehead atoms. The van der Waals surface area contributed by atoms with Crippen molar-refractivity contribution in [1.82, 2.24) is 9.78 Å². The number of ether oxygens (including phenoxy) is 1. The molecule has 160 valence electrons. The third-order valence-electron chi connectivity index (χ3n) is 4.61. The van der Waals surface area contributed by atoms with Crippen LogP contribution in [0.4, 0.5) is 5.69 Å². The molecular formula is C24H19N3O4S. The maximum absolute atomic E-state index is 12.8. The zero-order valence-electron chi connectivity index (χ0n) is 17.1. The largest absolute Gasteiger partial charge is 0.451 e. The molecule has 4 rings (SSSR count). The summed E-state index contributed by atoms with van der Waals surface area (Å²) in [5, 5.41) is 9.10. The van der Waals surface area contributed by atoms with Crippen LogP contribution in [0.15, 0.2) is 78.2 Å². The van der Waals surface area contributed by atoms with Gasteiger partial charge in [0.2, 0.25) is 0 Å². The number of carbonyl (C=O) groups is 3. The van der Waals surface area contributed by atoms with Gasteiger partial charge in [-0.1, -0.05) is 36.4 Å². The summed E-state index contributed by atoms with van der Waals surface area (Å²) >= 11 is 1.51. The van der Waals surface area contributed by atoms with Crippen LogP contribution in [0.1, 0.15) is 27.8 Å². The Morgan fingerprint density at radius 1 is 1.00 bits per heavy atom. The van der Waals surface area contributed by atoms with E-state index in [4.69, 9.17) is 4.74 Å². The number of Topliss-reactive ketones (excluding diaryl/α,β-unsaturated/α-hetero) is 1. The highest BCUT2D eigenvalue weighted by Crippen LogP contribution is 2.26. The van der Waals surface area contributed by atoms with E-state index in [-0.39, 0.29) is 11.5 Å². The average molecular weight is 446 g/mol. The number of hydrogen-bond acceptors (Lipinski definition) is 6. The van der Waals surface area contributed by atoms with Crippen molar-refractivity contribution >= 4 is 34.7 Å². The normalized spacial score (nSPS) is 10.5. The lowest BCUT2D eigenvalue weighted by Crippen LogP contribution is -2.23. The fourth-order valence-corrected chi connectivity index (χ4v) is 3.81. The van der Waals surface area contributed by atoms with Crippen molar-refractivity contribution in [2.45, 2.75) is 6.92 Å². The van der Waals surface area contributed by atoms with Gasteiger partial charge in [-0.05, 0) is 42.6 Å². The SMILES string of the molecule is CC(=O)c1ccccc1NC(=O)COC(=O)c1cc(-c2cccs2)nn1-c1ccccc1. The highest BCUT2D eigenvalue weighted by Gasteiger charge is 2.20. The summed E-state index contributed by atoms with van der Waals surface area (Å²) in [7, 11) is 0. The number of amides is 1. The number of aromatic nitrogens is 2. The number of thiophene rings is 1. The summed E-state index contributed by atoms with van der Waals surface area (Å²) in [5.74, 6) is -1.40. The first-order valence-electron chi connectivity index (χ1n) is 9.79. The summed E-state index contributed by atoms with van der Waals surface area (Å²) in [5.41, 5.74) is 2.29. The highest BCUT2D eigenvalue weighted by molar-refractivity contribution is 7.13. The van der Waals surface area contributed by atoms with Gasteiger partial charge in [0.15, 0.2) is 18.1 Å². The lowest BCUT2D eigenvalue weighted by molar-refractivity contribution is -0.119. The van der Waals surface area contributed by atoms with E-state index in [1.54, 1.807) is 30.3 Å². The van der Waals surface area contributed by atoms with Crippen LogP contribution in [0.2, 0.25) is 0 Å². The Balaban J connectivity index is 1.52. The lowest BCUT2D eigenvalue weighted by Gasteiger charge is -2.10. The van der Waals surface area contributed by atoms with Crippen LogP contribution in [0.3, 0.4) is 0 Å². The Hall–Kier alpha value is -4.04. The number of rotatable bonds is 7. The fraction of sp³-hybridized carbons (Fsp3) is 0.0833. The van der Waals surface area contributed by atoms with Gasteiger partial charge in [-0.2, -0.15) is 5.10 Å².